The molecule has 0 bridgehead atoms. The first-order valence-electron chi connectivity index (χ1n) is 7.49. The summed E-state index contributed by atoms with van der Waals surface area (Å²) in [5.41, 5.74) is 5.97. The first-order chi connectivity index (χ1) is 11.3. The summed E-state index contributed by atoms with van der Waals surface area (Å²) in [6.07, 6.45) is 3.21. The van der Waals surface area contributed by atoms with Gasteiger partial charge < -0.3 is 0 Å². The van der Waals surface area contributed by atoms with Crippen LogP contribution in [0.15, 0.2) is 48.0 Å². The minimum absolute atomic E-state index is 0.649. The van der Waals surface area contributed by atoms with Gasteiger partial charge in [-0.1, -0.05) is 41.8 Å². The second-order valence-electron chi connectivity index (χ2n) is 5.87. The maximum absolute atomic E-state index is 12.7. The average molecular weight is 324 g/mol. The third-order valence-corrected chi connectivity index (χ3v) is 4.21. The molecule has 0 radical (unpaired) electrons. The number of benzene rings is 2. The quantitative estimate of drug-likeness (QED) is 0.567. The van der Waals surface area contributed by atoms with Crippen molar-refractivity contribution < 1.29 is 13.2 Å². The lowest BCUT2D eigenvalue weighted by Gasteiger charge is -2.08. The Morgan fingerprint density at radius 3 is 2.21 bits per heavy atom. The molecule has 0 aromatic heterocycles. The van der Waals surface area contributed by atoms with Crippen LogP contribution in [-0.4, -0.2) is 0 Å². The fourth-order valence-corrected chi connectivity index (χ4v) is 2.95. The van der Waals surface area contributed by atoms with Crippen LogP contribution in [0.3, 0.4) is 0 Å². The number of rotatable bonds is 1. The van der Waals surface area contributed by atoms with E-state index in [-0.39, 0.29) is 0 Å². The number of fused-ring (bicyclic) bond motifs is 1. The van der Waals surface area contributed by atoms with Crippen LogP contribution in [0.1, 0.15) is 34.7 Å². The molecule has 3 rings (SSSR count). The van der Waals surface area contributed by atoms with E-state index in [0.717, 1.165) is 45.5 Å². The Hall–Kier alpha value is -2.73. The summed E-state index contributed by atoms with van der Waals surface area (Å²) in [6.45, 7) is 3.95. The largest absolute Gasteiger partial charge is 0.416 e. The van der Waals surface area contributed by atoms with Gasteiger partial charge >= 0.3 is 6.18 Å². The summed E-state index contributed by atoms with van der Waals surface area (Å²) in [4.78, 5) is 0. The number of hydrogen-bond acceptors (Lipinski definition) is 0. The van der Waals surface area contributed by atoms with Crippen molar-refractivity contribution in [3.8, 4) is 12.3 Å². The van der Waals surface area contributed by atoms with Gasteiger partial charge in [-0.25, -0.2) is 0 Å². The summed E-state index contributed by atoms with van der Waals surface area (Å²) in [6, 6.07) is 11.2. The minimum atomic E-state index is -4.32. The molecule has 1 aliphatic carbocycles. The van der Waals surface area contributed by atoms with Crippen molar-refractivity contribution in [3.05, 3.63) is 75.9 Å². The highest BCUT2D eigenvalue weighted by atomic mass is 19.4. The predicted octanol–water partition coefficient (Wildman–Crippen LogP) is 5.97. The molecule has 3 heteroatoms. The lowest BCUT2D eigenvalue weighted by Crippen LogP contribution is -2.04. The van der Waals surface area contributed by atoms with Crippen molar-refractivity contribution in [3.63, 3.8) is 0 Å². The Balaban J connectivity index is 2.08. The van der Waals surface area contributed by atoms with Crippen LogP contribution in [0.4, 0.5) is 13.2 Å². The normalized spacial score (nSPS) is 15.6. The number of halogens is 3. The van der Waals surface area contributed by atoms with E-state index < -0.39 is 11.7 Å². The molecule has 0 N–H and O–H groups in total. The summed E-state index contributed by atoms with van der Waals surface area (Å²) in [5, 5.41) is 0. The number of terminal acetylenes is 1. The minimum Gasteiger partial charge on any atom is -0.166 e. The molecule has 2 aromatic carbocycles. The van der Waals surface area contributed by atoms with Crippen molar-refractivity contribution in [2.24, 2.45) is 0 Å². The van der Waals surface area contributed by atoms with E-state index >= 15 is 0 Å². The van der Waals surface area contributed by atoms with Crippen molar-refractivity contribution >= 4 is 17.2 Å². The highest BCUT2D eigenvalue weighted by molar-refractivity contribution is 6.08. The lowest BCUT2D eigenvalue weighted by atomic mass is 9.99. The van der Waals surface area contributed by atoms with E-state index in [1.807, 2.05) is 38.1 Å². The van der Waals surface area contributed by atoms with Crippen LogP contribution in [-0.2, 0) is 6.18 Å². The maximum atomic E-state index is 12.7. The summed E-state index contributed by atoms with van der Waals surface area (Å²) in [7, 11) is 0. The van der Waals surface area contributed by atoms with Crippen molar-refractivity contribution in [2.45, 2.75) is 20.0 Å². The van der Waals surface area contributed by atoms with E-state index in [0.29, 0.717) is 5.56 Å². The molecule has 0 fully saturated rings. The van der Waals surface area contributed by atoms with Gasteiger partial charge in [-0.2, -0.15) is 13.2 Å². The molecule has 0 atom stereocenters. The Bertz CT molecular complexity index is 902. The zero-order valence-electron chi connectivity index (χ0n) is 13.3. The monoisotopic (exact) mass is 324 g/mol. The third-order valence-electron chi connectivity index (χ3n) is 4.21. The van der Waals surface area contributed by atoms with Crippen LogP contribution < -0.4 is 0 Å². The van der Waals surface area contributed by atoms with Gasteiger partial charge in [0.25, 0.3) is 0 Å². The first-order valence-corrected chi connectivity index (χ1v) is 7.49. The van der Waals surface area contributed by atoms with Crippen LogP contribution in [0.25, 0.3) is 17.2 Å². The maximum Gasteiger partial charge on any atom is 0.416 e. The van der Waals surface area contributed by atoms with E-state index in [1.54, 1.807) is 0 Å². The molecule has 0 amide bonds. The van der Waals surface area contributed by atoms with Gasteiger partial charge in [0.05, 0.1) is 5.56 Å². The van der Waals surface area contributed by atoms with Gasteiger partial charge in [-0.15, -0.1) is 6.42 Å². The molecule has 0 spiro atoms. The Labute approximate surface area is 139 Å². The van der Waals surface area contributed by atoms with Crippen LogP contribution in [0, 0.1) is 19.3 Å². The van der Waals surface area contributed by atoms with Crippen molar-refractivity contribution in [1.29, 1.82) is 0 Å². The van der Waals surface area contributed by atoms with Crippen LogP contribution >= 0.6 is 0 Å². The summed E-state index contributed by atoms with van der Waals surface area (Å²) in [5.74, 6) is 2.73. The van der Waals surface area contributed by atoms with E-state index in [9.17, 15) is 13.2 Å². The number of hydrogen-bond donors (Lipinski definition) is 0. The molecular formula is C21H15F3. The van der Waals surface area contributed by atoms with E-state index in [1.165, 1.54) is 12.1 Å². The molecule has 0 heterocycles. The van der Waals surface area contributed by atoms with Gasteiger partial charge in [-0.05, 0) is 59.9 Å². The van der Waals surface area contributed by atoms with Crippen molar-refractivity contribution in [2.75, 3.05) is 0 Å². The van der Waals surface area contributed by atoms with Crippen LogP contribution in [0.2, 0.25) is 0 Å². The zero-order chi connectivity index (χ0) is 17.5. The van der Waals surface area contributed by atoms with Gasteiger partial charge in [0.2, 0.25) is 0 Å². The highest BCUT2D eigenvalue weighted by Gasteiger charge is 2.30. The number of alkyl halides is 3. The van der Waals surface area contributed by atoms with Crippen molar-refractivity contribution in [1.82, 2.24) is 0 Å². The molecule has 120 valence electrons. The Kier molecular flexibility index (Phi) is 3.85. The second-order valence-corrected chi connectivity index (χ2v) is 5.87. The summed E-state index contributed by atoms with van der Waals surface area (Å²) >= 11 is 0. The van der Waals surface area contributed by atoms with E-state index in [4.69, 9.17) is 6.42 Å². The standard InChI is InChI=1S/C21H15F3/c1-4-17-14(3)19(18-10-5-13(2)11-20(17)18)12-15-6-8-16(9-7-15)21(22,23)24/h1,5-12H,2-3H3. The SMILES string of the molecule is C#CC1=C(C)C(=Cc2ccc(C(F)(F)F)cc2)c2ccc(C)cc21. The topological polar surface area (TPSA) is 0 Å². The molecule has 0 unspecified atom stereocenters. The fourth-order valence-electron chi connectivity index (χ4n) is 2.95. The van der Waals surface area contributed by atoms with Gasteiger partial charge in [0.15, 0.2) is 0 Å². The zero-order valence-corrected chi connectivity index (χ0v) is 13.3. The molecular weight excluding hydrogens is 309 g/mol. The highest BCUT2D eigenvalue weighted by Crippen LogP contribution is 2.42. The van der Waals surface area contributed by atoms with Gasteiger partial charge in [0.1, 0.15) is 0 Å². The van der Waals surface area contributed by atoms with Crippen LogP contribution in [0.5, 0.6) is 0 Å². The van der Waals surface area contributed by atoms with Gasteiger partial charge in [0, 0.05) is 5.57 Å². The van der Waals surface area contributed by atoms with E-state index in [2.05, 4.69) is 5.92 Å². The van der Waals surface area contributed by atoms with Gasteiger partial charge in [-0.3, -0.25) is 0 Å². The molecule has 0 nitrogen and oxygen atoms in total. The third kappa shape index (κ3) is 2.76. The number of aryl methyl sites for hydroxylation is 1. The lowest BCUT2D eigenvalue weighted by molar-refractivity contribution is -0.137. The fraction of sp³-hybridized carbons (Fsp3) is 0.143. The Morgan fingerprint density at radius 2 is 1.62 bits per heavy atom. The molecule has 0 saturated carbocycles. The smallest absolute Gasteiger partial charge is 0.166 e. The first kappa shape index (κ1) is 16.1. The second kappa shape index (κ2) is 5.72. The molecule has 2 aromatic rings. The Morgan fingerprint density at radius 1 is 0.958 bits per heavy atom. The molecule has 1 aliphatic rings. The molecule has 24 heavy (non-hydrogen) atoms. The summed E-state index contributed by atoms with van der Waals surface area (Å²) < 4.78 is 38.0. The molecule has 0 aliphatic heterocycles. The predicted molar refractivity (Wildman–Crippen MR) is 91.9 cm³/mol. The number of allylic oxidation sites excluding steroid dienone is 3. The average Bonchev–Trinajstić information content (AvgIpc) is 2.78. The molecule has 0 saturated heterocycles.